The lowest BCUT2D eigenvalue weighted by atomic mass is 9.77. The second-order valence-corrected chi connectivity index (χ2v) is 12.2. The van der Waals surface area contributed by atoms with Crippen LogP contribution >= 0.6 is 0 Å². The molecule has 1 aliphatic rings. The van der Waals surface area contributed by atoms with Gasteiger partial charge in [0, 0.05) is 11.8 Å². The van der Waals surface area contributed by atoms with Crippen LogP contribution in [0.25, 0.3) is 11.3 Å². The van der Waals surface area contributed by atoms with Crippen LogP contribution < -0.4 is 4.74 Å². The van der Waals surface area contributed by atoms with Crippen molar-refractivity contribution in [2.75, 3.05) is 6.61 Å². The van der Waals surface area contributed by atoms with Crippen LogP contribution in [-0.2, 0) is 6.42 Å². The molecule has 218 valence electrons. The van der Waals surface area contributed by atoms with Crippen LogP contribution in [0.15, 0.2) is 36.8 Å². The Labute approximate surface area is 241 Å². The van der Waals surface area contributed by atoms with Crippen molar-refractivity contribution in [3.63, 3.8) is 0 Å². The van der Waals surface area contributed by atoms with Crippen molar-refractivity contribution in [3.8, 4) is 17.0 Å². The minimum Gasteiger partial charge on any atom is -0.493 e. The molecule has 0 bridgehead atoms. The summed E-state index contributed by atoms with van der Waals surface area (Å²) >= 11 is 0. The maximum Gasteiger partial charge on any atom is 0.128 e. The third-order valence-electron chi connectivity index (χ3n) is 8.94. The van der Waals surface area contributed by atoms with E-state index in [1.54, 1.807) is 6.33 Å². The number of hydrogen-bond acceptors (Lipinski definition) is 3. The maximum absolute atomic E-state index is 6.31. The second kappa shape index (κ2) is 20.0. The highest BCUT2D eigenvalue weighted by atomic mass is 16.5. The van der Waals surface area contributed by atoms with E-state index in [0.29, 0.717) is 0 Å². The quantitative estimate of drug-likeness (QED) is 0.149. The minimum absolute atomic E-state index is 0.787. The summed E-state index contributed by atoms with van der Waals surface area (Å²) in [4.78, 5) is 9.16. The van der Waals surface area contributed by atoms with Gasteiger partial charge in [0.2, 0.25) is 0 Å². The summed E-state index contributed by atoms with van der Waals surface area (Å²) in [6.07, 6.45) is 32.3. The van der Waals surface area contributed by atoms with Gasteiger partial charge in [0.1, 0.15) is 12.1 Å². The highest BCUT2D eigenvalue weighted by molar-refractivity contribution is 5.69. The van der Waals surface area contributed by atoms with Gasteiger partial charge in [-0.25, -0.2) is 9.97 Å². The lowest BCUT2D eigenvalue weighted by molar-refractivity contribution is 0.248. The minimum atomic E-state index is 0.787. The number of ether oxygens (including phenoxy) is 1. The van der Waals surface area contributed by atoms with Crippen molar-refractivity contribution in [2.24, 2.45) is 11.8 Å². The van der Waals surface area contributed by atoms with Gasteiger partial charge in [-0.05, 0) is 48.8 Å². The third-order valence-corrected chi connectivity index (χ3v) is 8.94. The monoisotopic (exact) mass is 534 g/mol. The van der Waals surface area contributed by atoms with Gasteiger partial charge in [-0.1, -0.05) is 142 Å². The number of benzene rings is 1. The Kier molecular flexibility index (Phi) is 16.3. The van der Waals surface area contributed by atoms with Gasteiger partial charge in [-0.3, -0.25) is 0 Å². The predicted octanol–water partition coefficient (Wildman–Crippen LogP) is 11.2. The molecule has 1 heterocycles. The number of para-hydroxylation sites is 1. The normalized spacial score (nSPS) is 17.4. The molecule has 0 amide bonds. The number of rotatable bonds is 21. The van der Waals surface area contributed by atoms with Crippen LogP contribution in [0.4, 0.5) is 0 Å². The molecule has 0 radical (unpaired) electrons. The Morgan fingerprint density at radius 2 is 1.28 bits per heavy atom. The molecule has 3 heteroatoms. The fraction of sp³-hybridized carbons (Fsp3) is 0.722. The number of aryl methyl sites for hydroxylation is 1. The zero-order valence-electron chi connectivity index (χ0n) is 25.5. The molecule has 2 aromatic rings. The smallest absolute Gasteiger partial charge is 0.128 e. The average Bonchev–Trinajstić information content (AvgIpc) is 2.98. The SMILES string of the molecule is CCCCCCCCCCCOc1ccccc1-c1ncncc1CCC1CCC(CCCCCCC)CC1. The van der Waals surface area contributed by atoms with Crippen molar-refractivity contribution < 1.29 is 4.74 Å². The van der Waals surface area contributed by atoms with Gasteiger partial charge in [-0.15, -0.1) is 0 Å². The Balaban J connectivity index is 1.41. The third kappa shape index (κ3) is 12.4. The van der Waals surface area contributed by atoms with E-state index in [4.69, 9.17) is 9.72 Å². The fourth-order valence-electron chi connectivity index (χ4n) is 6.37. The van der Waals surface area contributed by atoms with Gasteiger partial charge < -0.3 is 4.74 Å². The van der Waals surface area contributed by atoms with E-state index in [-0.39, 0.29) is 0 Å². The van der Waals surface area contributed by atoms with E-state index in [0.717, 1.165) is 48.3 Å². The van der Waals surface area contributed by atoms with E-state index in [9.17, 15) is 0 Å². The van der Waals surface area contributed by atoms with E-state index in [1.165, 1.54) is 128 Å². The molecule has 1 aromatic heterocycles. The van der Waals surface area contributed by atoms with Crippen LogP contribution in [0.2, 0.25) is 0 Å². The van der Waals surface area contributed by atoms with Gasteiger partial charge in [-0.2, -0.15) is 0 Å². The highest BCUT2D eigenvalue weighted by Crippen LogP contribution is 2.36. The Bertz CT molecular complexity index is 874. The van der Waals surface area contributed by atoms with Crippen LogP contribution in [0, 0.1) is 11.8 Å². The molecule has 0 spiro atoms. The molecule has 1 aliphatic carbocycles. The molecule has 0 N–H and O–H groups in total. The molecular formula is C36H58N2O. The largest absolute Gasteiger partial charge is 0.493 e. The zero-order valence-corrected chi connectivity index (χ0v) is 25.5. The van der Waals surface area contributed by atoms with E-state index >= 15 is 0 Å². The van der Waals surface area contributed by atoms with Crippen molar-refractivity contribution in [1.82, 2.24) is 9.97 Å². The molecule has 3 nitrogen and oxygen atoms in total. The lowest BCUT2D eigenvalue weighted by Crippen LogP contribution is -2.15. The van der Waals surface area contributed by atoms with Gasteiger partial charge >= 0.3 is 0 Å². The van der Waals surface area contributed by atoms with E-state index in [2.05, 4.69) is 43.1 Å². The first-order valence-electron chi connectivity index (χ1n) is 16.8. The molecular weight excluding hydrogens is 476 g/mol. The maximum atomic E-state index is 6.31. The summed E-state index contributed by atoms with van der Waals surface area (Å²) < 4.78 is 6.31. The summed E-state index contributed by atoms with van der Waals surface area (Å²) in [5.74, 6) is 2.80. The first kappa shape index (κ1) is 31.6. The van der Waals surface area contributed by atoms with Crippen LogP contribution in [0.3, 0.4) is 0 Å². The number of aromatic nitrogens is 2. The number of unbranched alkanes of at least 4 members (excludes halogenated alkanes) is 12. The molecule has 0 unspecified atom stereocenters. The van der Waals surface area contributed by atoms with E-state index < -0.39 is 0 Å². The molecule has 0 atom stereocenters. The Morgan fingerprint density at radius 3 is 1.97 bits per heavy atom. The van der Waals surface area contributed by atoms with Gasteiger partial charge in [0.05, 0.1) is 12.3 Å². The molecule has 1 fully saturated rings. The fourth-order valence-corrected chi connectivity index (χ4v) is 6.37. The van der Waals surface area contributed by atoms with Crippen molar-refractivity contribution in [1.29, 1.82) is 0 Å². The summed E-state index contributed by atoms with van der Waals surface area (Å²) in [5, 5.41) is 0. The number of hydrogen-bond donors (Lipinski definition) is 0. The Morgan fingerprint density at radius 1 is 0.692 bits per heavy atom. The summed E-state index contributed by atoms with van der Waals surface area (Å²) in [6.45, 7) is 5.37. The van der Waals surface area contributed by atoms with Gasteiger partial charge in [0.15, 0.2) is 0 Å². The van der Waals surface area contributed by atoms with Crippen LogP contribution in [0.1, 0.15) is 148 Å². The molecule has 3 rings (SSSR count). The second-order valence-electron chi connectivity index (χ2n) is 12.2. The molecule has 39 heavy (non-hydrogen) atoms. The molecule has 1 aromatic carbocycles. The van der Waals surface area contributed by atoms with Crippen LogP contribution in [0.5, 0.6) is 5.75 Å². The zero-order chi connectivity index (χ0) is 27.4. The number of nitrogens with zero attached hydrogens (tertiary/aromatic N) is 2. The summed E-state index contributed by atoms with van der Waals surface area (Å²) in [7, 11) is 0. The van der Waals surface area contributed by atoms with E-state index in [1.807, 2.05) is 6.20 Å². The van der Waals surface area contributed by atoms with Crippen LogP contribution in [-0.4, -0.2) is 16.6 Å². The summed E-state index contributed by atoms with van der Waals surface area (Å²) in [5.41, 5.74) is 3.46. The standard InChI is InChI=1S/C36H58N2O/c1-3-5-7-9-10-11-12-14-18-28-39-35-21-17-16-20-34(35)36-33(29-37-30-38-36)27-26-32-24-22-31(23-25-32)19-15-13-8-6-4-2/h16-17,20-21,29-32H,3-15,18-19,22-28H2,1-2H3. The van der Waals surface area contributed by atoms with Gasteiger partial charge in [0.25, 0.3) is 0 Å². The molecule has 0 aliphatic heterocycles. The van der Waals surface area contributed by atoms with Crippen molar-refractivity contribution in [3.05, 3.63) is 42.4 Å². The molecule has 1 saturated carbocycles. The Hall–Kier alpha value is -1.90. The summed E-state index contributed by atoms with van der Waals surface area (Å²) in [6, 6.07) is 8.47. The topological polar surface area (TPSA) is 35.0 Å². The first-order valence-corrected chi connectivity index (χ1v) is 16.8. The lowest BCUT2D eigenvalue weighted by Gasteiger charge is -2.28. The molecule has 0 saturated heterocycles. The predicted molar refractivity (Wildman–Crippen MR) is 167 cm³/mol. The first-order chi connectivity index (χ1) is 19.3. The van der Waals surface area contributed by atoms with Crippen molar-refractivity contribution in [2.45, 2.75) is 149 Å². The highest BCUT2D eigenvalue weighted by Gasteiger charge is 2.21. The average molecular weight is 535 g/mol. The van der Waals surface area contributed by atoms with Crippen molar-refractivity contribution >= 4 is 0 Å².